The highest BCUT2D eigenvalue weighted by Gasteiger charge is 2.27. The topological polar surface area (TPSA) is 86.3 Å². The third kappa shape index (κ3) is 2.85. The molecule has 0 aliphatic rings. The average molecular weight is 261 g/mol. The maximum absolute atomic E-state index is 12.2. The van der Waals surface area contributed by atoms with Gasteiger partial charge in [0.05, 0.1) is 6.61 Å². The number of aromatic nitrogens is 2. The largest absolute Gasteiger partial charge is 0.392 e. The fourth-order valence-corrected chi connectivity index (χ4v) is 2.83. The van der Waals surface area contributed by atoms with Crippen LogP contribution in [0.15, 0.2) is 5.03 Å². The normalized spacial score (nSPS) is 12.3. The number of unbranched alkanes of at least 4 members (excludes halogenated alkanes) is 1. The van der Waals surface area contributed by atoms with Crippen LogP contribution in [0.1, 0.15) is 31.0 Å². The van der Waals surface area contributed by atoms with Crippen molar-refractivity contribution in [1.82, 2.24) is 14.5 Å². The Morgan fingerprint density at radius 2 is 2.12 bits per heavy atom. The zero-order valence-corrected chi connectivity index (χ0v) is 11.2. The maximum atomic E-state index is 12.2. The van der Waals surface area contributed by atoms with Crippen molar-refractivity contribution in [2.45, 2.75) is 38.3 Å². The van der Waals surface area contributed by atoms with E-state index >= 15 is 0 Å². The minimum Gasteiger partial charge on any atom is -0.392 e. The molecule has 0 saturated carbocycles. The Balaban J connectivity index is 3.04. The number of H-pyrrole nitrogens is 1. The average Bonchev–Trinajstić information content (AvgIpc) is 2.67. The summed E-state index contributed by atoms with van der Waals surface area (Å²) in [6.07, 6.45) is 1.72. The smallest absolute Gasteiger partial charge is 0.262 e. The van der Waals surface area contributed by atoms with Gasteiger partial charge < -0.3 is 5.11 Å². The highest BCUT2D eigenvalue weighted by molar-refractivity contribution is 7.89. The van der Waals surface area contributed by atoms with Crippen LogP contribution in [0.2, 0.25) is 0 Å². The Labute approximate surface area is 102 Å². The first-order valence-corrected chi connectivity index (χ1v) is 7.00. The third-order valence-electron chi connectivity index (χ3n) is 2.68. The van der Waals surface area contributed by atoms with E-state index in [1.807, 2.05) is 6.92 Å². The van der Waals surface area contributed by atoms with Gasteiger partial charge >= 0.3 is 0 Å². The predicted molar refractivity (Wildman–Crippen MR) is 64.0 cm³/mol. The molecule has 2 N–H and O–H groups in total. The lowest BCUT2D eigenvalue weighted by Crippen LogP contribution is -2.29. The molecule has 7 heteroatoms. The fourth-order valence-electron chi connectivity index (χ4n) is 1.48. The second-order valence-electron chi connectivity index (χ2n) is 3.97. The zero-order valence-electron chi connectivity index (χ0n) is 10.4. The lowest BCUT2D eigenvalue weighted by Gasteiger charge is -2.15. The summed E-state index contributed by atoms with van der Waals surface area (Å²) in [7, 11) is -2.08. The molecule has 0 saturated heterocycles. The summed E-state index contributed by atoms with van der Waals surface area (Å²) in [5.74, 6) is 0. The second kappa shape index (κ2) is 5.61. The van der Waals surface area contributed by atoms with E-state index in [1.165, 1.54) is 11.4 Å². The number of aryl methyl sites for hydroxylation is 1. The van der Waals surface area contributed by atoms with Crippen molar-refractivity contribution in [3.8, 4) is 0 Å². The Morgan fingerprint density at radius 3 is 2.65 bits per heavy atom. The summed E-state index contributed by atoms with van der Waals surface area (Å²) in [5.41, 5.74) is 0.920. The van der Waals surface area contributed by atoms with Crippen LogP contribution in [0, 0.1) is 6.92 Å². The van der Waals surface area contributed by atoms with E-state index in [1.54, 1.807) is 6.92 Å². The monoisotopic (exact) mass is 261 g/mol. The van der Waals surface area contributed by atoms with Gasteiger partial charge in [-0.2, -0.15) is 9.40 Å². The van der Waals surface area contributed by atoms with E-state index in [-0.39, 0.29) is 11.6 Å². The summed E-state index contributed by atoms with van der Waals surface area (Å²) in [4.78, 5) is 0. The maximum Gasteiger partial charge on any atom is 0.262 e. The van der Waals surface area contributed by atoms with Gasteiger partial charge in [0.1, 0.15) is 0 Å². The molecule has 0 bridgehead atoms. The molecule has 6 nitrogen and oxygen atoms in total. The van der Waals surface area contributed by atoms with Crippen LogP contribution in [-0.4, -0.2) is 41.6 Å². The van der Waals surface area contributed by atoms with Gasteiger partial charge in [-0.25, -0.2) is 8.42 Å². The molecule has 1 aromatic rings. The van der Waals surface area contributed by atoms with Crippen molar-refractivity contribution < 1.29 is 13.5 Å². The van der Waals surface area contributed by atoms with E-state index in [0.717, 1.165) is 12.8 Å². The first-order valence-electron chi connectivity index (χ1n) is 5.56. The Kier molecular flexibility index (Phi) is 4.67. The van der Waals surface area contributed by atoms with Crippen LogP contribution >= 0.6 is 0 Å². The van der Waals surface area contributed by atoms with Crippen LogP contribution in [0.3, 0.4) is 0 Å². The van der Waals surface area contributed by atoms with Crippen molar-refractivity contribution in [2.24, 2.45) is 0 Å². The highest BCUT2D eigenvalue weighted by atomic mass is 32.2. The first-order chi connectivity index (χ1) is 7.95. The Morgan fingerprint density at radius 1 is 1.47 bits per heavy atom. The van der Waals surface area contributed by atoms with E-state index in [4.69, 9.17) is 5.11 Å². The number of aliphatic hydroxyl groups excluding tert-OH is 1. The van der Waals surface area contributed by atoms with Gasteiger partial charge in [0.25, 0.3) is 10.0 Å². The number of sulfonamides is 1. The molecule has 0 unspecified atom stereocenters. The Hall–Kier alpha value is -0.920. The molecule has 0 atom stereocenters. The van der Waals surface area contributed by atoms with Crippen LogP contribution < -0.4 is 0 Å². The molecule has 0 spiro atoms. The number of nitrogens with zero attached hydrogens (tertiary/aromatic N) is 2. The minimum absolute atomic E-state index is 0.0731. The SMILES string of the molecule is CCCCN(C)S(=O)(=O)c1n[nH]c(C)c1CO. The van der Waals surface area contributed by atoms with Gasteiger partial charge in [-0.3, -0.25) is 5.10 Å². The lowest BCUT2D eigenvalue weighted by molar-refractivity contribution is 0.277. The van der Waals surface area contributed by atoms with Gasteiger partial charge in [-0.05, 0) is 13.3 Å². The van der Waals surface area contributed by atoms with Gasteiger partial charge in [-0.1, -0.05) is 13.3 Å². The fraction of sp³-hybridized carbons (Fsp3) is 0.700. The van der Waals surface area contributed by atoms with E-state index in [0.29, 0.717) is 17.8 Å². The van der Waals surface area contributed by atoms with Crippen molar-refractivity contribution in [3.63, 3.8) is 0 Å². The summed E-state index contributed by atoms with van der Waals surface area (Å²) >= 11 is 0. The summed E-state index contributed by atoms with van der Waals surface area (Å²) in [5, 5.41) is 15.5. The van der Waals surface area contributed by atoms with Crippen molar-refractivity contribution in [1.29, 1.82) is 0 Å². The van der Waals surface area contributed by atoms with Crippen molar-refractivity contribution >= 4 is 10.0 Å². The molecule has 1 aromatic heterocycles. The Bertz CT molecular complexity index is 467. The number of aliphatic hydroxyl groups is 1. The molecule has 0 fully saturated rings. The van der Waals surface area contributed by atoms with E-state index in [9.17, 15) is 8.42 Å². The number of hydrogen-bond donors (Lipinski definition) is 2. The molecule has 1 heterocycles. The molecule has 17 heavy (non-hydrogen) atoms. The quantitative estimate of drug-likeness (QED) is 0.786. The zero-order chi connectivity index (χ0) is 13.1. The number of aromatic amines is 1. The first kappa shape index (κ1) is 14.1. The van der Waals surface area contributed by atoms with E-state index < -0.39 is 10.0 Å². The molecule has 98 valence electrons. The van der Waals surface area contributed by atoms with E-state index in [2.05, 4.69) is 10.2 Å². The molecule has 0 amide bonds. The van der Waals surface area contributed by atoms with Gasteiger partial charge in [-0.15, -0.1) is 0 Å². The number of nitrogens with one attached hydrogen (secondary N) is 1. The molecular formula is C10H19N3O3S. The van der Waals surface area contributed by atoms with Gasteiger partial charge in [0.2, 0.25) is 0 Å². The van der Waals surface area contributed by atoms with Crippen LogP contribution in [0.25, 0.3) is 0 Å². The van der Waals surface area contributed by atoms with Gasteiger partial charge in [0, 0.05) is 24.8 Å². The molecular weight excluding hydrogens is 242 g/mol. The predicted octanol–water partition coefficient (Wildman–Crippen LogP) is 0.631. The summed E-state index contributed by atoms with van der Waals surface area (Å²) < 4.78 is 25.6. The molecule has 0 aliphatic carbocycles. The van der Waals surface area contributed by atoms with Crippen LogP contribution in [-0.2, 0) is 16.6 Å². The van der Waals surface area contributed by atoms with Crippen molar-refractivity contribution in [2.75, 3.05) is 13.6 Å². The third-order valence-corrected chi connectivity index (χ3v) is 4.50. The minimum atomic E-state index is -3.60. The van der Waals surface area contributed by atoms with Gasteiger partial charge in [0.15, 0.2) is 5.03 Å². The summed E-state index contributed by atoms with van der Waals surface area (Å²) in [6, 6.07) is 0. The lowest BCUT2D eigenvalue weighted by atomic mass is 10.3. The van der Waals surface area contributed by atoms with Crippen LogP contribution in [0.5, 0.6) is 0 Å². The summed E-state index contributed by atoms with van der Waals surface area (Å²) in [6.45, 7) is 3.80. The number of hydrogen-bond acceptors (Lipinski definition) is 4. The molecule has 0 aromatic carbocycles. The highest BCUT2D eigenvalue weighted by Crippen LogP contribution is 2.19. The molecule has 1 rings (SSSR count). The number of rotatable bonds is 6. The standard InChI is InChI=1S/C10H19N3O3S/c1-4-5-6-13(3)17(15,16)10-9(7-14)8(2)11-12-10/h14H,4-7H2,1-3H3,(H,11,12). The molecule has 0 radical (unpaired) electrons. The van der Waals surface area contributed by atoms with Crippen LogP contribution in [0.4, 0.5) is 0 Å². The second-order valence-corrected chi connectivity index (χ2v) is 5.93. The van der Waals surface area contributed by atoms with Crippen molar-refractivity contribution in [3.05, 3.63) is 11.3 Å². The molecule has 0 aliphatic heterocycles.